The first kappa shape index (κ1) is 13.5. The molecule has 2 rings (SSSR count). The number of carbonyl (C=O) groups is 1. The SMILES string of the molecule is CCc1cnc(CCNC(=O)c2ccccc2N)s1. The molecule has 5 heteroatoms. The quantitative estimate of drug-likeness (QED) is 0.822. The molecule has 0 fully saturated rings. The van der Waals surface area contributed by atoms with Crippen LogP contribution in [0.15, 0.2) is 30.5 Å². The highest BCUT2D eigenvalue weighted by Gasteiger charge is 2.08. The number of carbonyl (C=O) groups excluding carboxylic acids is 1. The summed E-state index contributed by atoms with van der Waals surface area (Å²) in [6.07, 6.45) is 3.66. The van der Waals surface area contributed by atoms with Crippen molar-refractivity contribution in [1.29, 1.82) is 0 Å². The van der Waals surface area contributed by atoms with Gasteiger partial charge in [-0.2, -0.15) is 0 Å². The van der Waals surface area contributed by atoms with Crippen LogP contribution in [-0.2, 0) is 12.8 Å². The summed E-state index contributed by atoms with van der Waals surface area (Å²) in [5.41, 5.74) is 6.78. The van der Waals surface area contributed by atoms with E-state index < -0.39 is 0 Å². The molecule has 0 aliphatic heterocycles. The summed E-state index contributed by atoms with van der Waals surface area (Å²) in [6.45, 7) is 2.68. The molecule has 100 valence electrons. The van der Waals surface area contributed by atoms with E-state index in [2.05, 4.69) is 17.2 Å². The van der Waals surface area contributed by atoms with Crippen molar-refractivity contribution in [3.63, 3.8) is 0 Å². The Morgan fingerprint density at radius 3 is 2.89 bits per heavy atom. The van der Waals surface area contributed by atoms with E-state index >= 15 is 0 Å². The van der Waals surface area contributed by atoms with E-state index in [1.165, 1.54) is 4.88 Å². The maximum absolute atomic E-state index is 11.9. The van der Waals surface area contributed by atoms with Crippen LogP contribution in [-0.4, -0.2) is 17.4 Å². The molecule has 19 heavy (non-hydrogen) atoms. The third-order valence-electron chi connectivity index (χ3n) is 2.78. The number of hydrogen-bond acceptors (Lipinski definition) is 4. The lowest BCUT2D eigenvalue weighted by atomic mass is 10.1. The van der Waals surface area contributed by atoms with E-state index in [0.717, 1.165) is 17.8 Å². The van der Waals surface area contributed by atoms with Crippen LogP contribution in [0.1, 0.15) is 27.2 Å². The molecule has 0 radical (unpaired) electrons. The van der Waals surface area contributed by atoms with E-state index in [4.69, 9.17) is 5.73 Å². The lowest BCUT2D eigenvalue weighted by Gasteiger charge is -2.06. The Balaban J connectivity index is 1.86. The minimum Gasteiger partial charge on any atom is -0.398 e. The molecule has 1 aromatic heterocycles. The summed E-state index contributed by atoms with van der Waals surface area (Å²) in [4.78, 5) is 17.5. The maximum atomic E-state index is 11.9. The Bertz CT molecular complexity index is 565. The first-order chi connectivity index (χ1) is 9.20. The summed E-state index contributed by atoms with van der Waals surface area (Å²) in [5, 5.41) is 3.92. The van der Waals surface area contributed by atoms with E-state index in [-0.39, 0.29) is 5.91 Å². The second kappa shape index (κ2) is 6.33. The van der Waals surface area contributed by atoms with Crippen LogP contribution in [0.4, 0.5) is 5.69 Å². The minimum atomic E-state index is -0.134. The van der Waals surface area contributed by atoms with E-state index in [0.29, 0.717) is 17.8 Å². The summed E-state index contributed by atoms with van der Waals surface area (Å²) in [7, 11) is 0. The highest BCUT2D eigenvalue weighted by Crippen LogP contribution is 2.14. The summed E-state index contributed by atoms with van der Waals surface area (Å²) in [5.74, 6) is -0.134. The Labute approximate surface area is 116 Å². The second-order valence-corrected chi connectivity index (χ2v) is 5.37. The largest absolute Gasteiger partial charge is 0.398 e. The first-order valence-electron chi connectivity index (χ1n) is 6.27. The molecule has 3 N–H and O–H groups in total. The van der Waals surface area contributed by atoms with Crippen LogP contribution in [0.5, 0.6) is 0 Å². The standard InChI is InChI=1S/C14H17N3OS/c1-2-10-9-17-13(19-10)7-8-16-14(18)11-5-3-4-6-12(11)15/h3-6,9H,2,7-8,15H2,1H3,(H,16,18). The fourth-order valence-electron chi connectivity index (χ4n) is 1.71. The molecule has 0 saturated heterocycles. The topological polar surface area (TPSA) is 68.0 Å². The zero-order valence-electron chi connectivity index (χ0n) is 10.8. The van der Waals surface area contributed by atoms with Gasteiger partial charge in [0.05, 0.1) is 10.6 Å². The molecule has 1 aromatic carbocycles. The van der Waals surface area contributed by atoms with Crippen molar-refractivity contribution in [3.05, 3.63) is 45.9 Å². The third kappa shape index (κ3) is 3.54. The van der Waals surface area contributed by atoms with Crippen molar-refractivity contribution in [2.45, 2.75) is 19.8 Å². The summed E-state index contributed by atoms with van der Waals surface area (Å²) < 4.78 is 0. The van der Waals surface area contributed by atoms with Gasteiger partial charge in [0, 0.05) is 29.7 Å². The van der Waals surface area contributed by atoms with E-state index in [1.54, 1.807) is 29.5 Å². The molecule has 1 amide bonds. The highest BCUT2D eigenvalue weighted by molar-refractivity contribution is 7.11. The molecule has 2 aromatic rings. The van der Waals surface area contributed by atoms with Gasteiger partial charge in [-0.3, -0.25) is 4.79 Å². The number of hydrogen-bond donors (Lipinski definition) is 2. The number of amides is 1. The van der Waals surface area contributed by atoms with Crippen LogP contribution in [0.2, 0.25) is 0 Å². The molecular formula is C14H17N3OS. The van der Waals surface area contributed by atoms with Crippen LogP contribution in [0, 0.1) is 0 Å². The molecule has 0 saturated carbocycles. The number of nitrogens with one attached hydrogen (secondary N) is 1. The van der Waals surface area contributed by atoms with Gasteiger partial charge in [-0.15, -0.1) is 11.3 Å². The lowest BCUT2D eigenvalue weighted by Crippen LogP contribution is -2.26. The van der Waals surface area contributed by atoms with Crippen LogP contribution >= 0.6 is 11.3 Å². The van der Waals surface area contributed by atoms with Gasteiger partial charge < -0.3 is 11.1 Å². The number of anilines is 1. The third-order valence-corrected chi connectivity index (χ3v) is 3.98. The average Bonchev–Trinajstić information content (AvgIpc) is 2.87. The van der Waals surface area contributed by atoms with Gasteiger partial charge in [0.25, 0.3) is 5.91 Å². The van der Waals surface area contributed by atoms with Gasteiger partial charge in [0.2, 0.25) is 0 Å². The van der Waals surface area contributed by atoms with Gasteiger partial charge in [-0.05, 0) is 18.6 Å². The smallest absolute Gasteiger partial charge is 0.253 e. The van der Waals surface area contributed by atoms with Crippen LogP contribution in [0.25, 0.3) is 0 Å². The fraction of sp³-hybridized carbons (Fsp3) is 0.286. The fourth-order valence-corrected chi connectivity index (χ4v) is 2.57. The molecule has 0 atom stereocenters. The number of thiazole rings is 1. The van der Waals surface area contributed by atoms with Gasteiger partial charge in [-0.25, -0.2) is 4.98 Å². The number of aromatic nitrogens is 1. The molecule has 0 spiro atoms. The molecule has 0 aliphatic carbocycles. The Morgan fingerprint density at radius 1 is 1.42 bits per heavy atom. The number of nitrogen functional groups attached to an aromatic ring is 1. The zero-order chi connectivity index (χ0) is 13.7. The maximum Gasteiger partial charge on any atom is 0.253 e. The van der Waals surface area contributed by atoms with Crippen molar-refractivity contribution >= 4 is 22.9 Å². The Kier molecular flexibility index (Phi) is 4.52. The number of aryl methyl sites for hydroxylation is 1. The number of benzene rings is 1. The van der Waals surface area contributed by atoms with Gasteiger partial charge in [0.1, 0.15) is 0 Å². The van der Waals surface area contributed by atoms with Crippen molar-refractivity contribution in [1.82, 2.24) is 10.3 Å². The first-order valence-corrected chi connectivity index (χ1v) is 7.08. The monoisotopic (exact) mass is 275 g/mol. The normalized spacial score (nSPS) is 10.4. The summed E-state index contributed by atoms with van der Waals surface area (Å²) >= 11 is 1.70. The van der Waals surface area contributed by atoms with Gasteiger partial charge >= 0.3 is 0 Å². The molecule has 0 bridgehead atoms. The Morgan fingerprint density at radius 2 is 2.21 bits per heavy atom. The van der Waals surface area contributed by atoms with E-state index in [1.807, 2.05) is 12.3 Å². The van der Waals surface area contributed by atoms with E-state index in [9.17, 15) is 4.79 Å². The highest BCUT2D eigenvalue weighted by atomic mass is 32.1. The molecule has 0 unspecified atom stereocenters. The predicted octanol–water partition coefficient (Wildman–Crippen LogP) is 2.26. The van der Waals surface area contributed by atoms with Crippen molar-refractivity contribution < 1.29 is 4.79 Å². The lowest BCUT2D eigenvalue weighted by molar-refractivity contribution is 0.0955. The molecule has 1 heterocycles. The van der Waals surface area contributed by atoms with Crippen LogP contribution < -0.4 is 11.1 Å². The Hall–Kier alpha value is -1.88. The molecule has 0 aliphatic rings. The predicted molar refractivity (Wildman–Crippen MR) is 78.4 cm³/mol. The van der Waals surface area contributed by atoms with Gasteiger partial charge in [-0.1, -0.05) is 19.1 Å². The zero-order valence-corrected chi connectivity index (χ0v) is 11.7. The van der Waals surface area contributed by atoms with Crippen molar-refractivity contribution in [3.8, 4) is 0 Å². The average molecular weight is 275 g/mol. The number of rotatable bonds is 5. The minimum absolute atomic E-state index is 0.134. The second-order valence-electron chi connectivity index (χ2n) is 4.17. The molecular weight excluding hydrogens is 258 g/mol. The number of para-hydroxylation sites is 1. The number of nitrogens with zero attached hydrogens (tertiary/aromatic N) is 1. The van der Waals surface area contributed by atoms with Crippen molar-refractivity contribution in [2.75, 3.05) is 12.3 Å². The van der Waals surface area contributed by atoms with Crippen molar-refractivity contribution in [2.24, 2.45) is 0 Å². The number of nitrogens with two attached hydrogens (primary N) is 1. The molecule has 4 nitrogen and oxygen atoms in total. The van der Waals surface area contributed by atoms with Gasteiger partial charge in [0.15, 0.2) is 0 Å². The summed E-state index contributed by atoms with van der Waals surface area (Å²) in [6, 6.07) is 7.07. The van der Waals surface area contributed by atoms with Crippen LogP contribution in [0.3, 0.4) is 0 Å².